The Morgan fingerprint density at radius 2 is 1.96 bits per heavy atom. The number of likely N-dealkylation sites (N-methyl/N-ethyl adjacent to an activating group) is 1. The van der Waals surface area contributed by atoms with Crippen molar-refractivity contribution in [2.75, 3.05) is 26.8 Å². The minimum absolute atomic E-state index is 0.0592. The molecule has 4 rings (SSSR count). The van der Waals surface area contributed by atoms with Crippen LogP contribution in [0, 0.1) is 0 Å². The average molecular weight is 364 g/mol. The molecule has 0 radical (unpaired) electrons. The summed E-state index contributed by atoms with van der Waals surface area (Å²) < 4.78 is 17.3. The van der Waals surface area contributed by atoms with E-state index in [1.807, 2.05) is 54.6 Å². The molecule has 6 nitrogen and oxygen atoms in total. The number of carbonyl (C=O) groups excluding carboxylic acids is 1. The number of amides is 1. The van der Waals surface area contributed by atoms with Crippen molar-refractivity contribution in [2.45, 2.75) is 6.10 Å². The number of pyridine rings is 1. The Hall–Kier alpha value is -3.28. The second-order valence-corrected chi connectivity index (χ2v) is 6.39. The van der Waals surface area contributed by atoms with E-state index in [0.717, 1.165) is 16.7 Å². The molecule has 0 saturated heterocycles. The number of carbonyl (C=O) groups is 1. The third-order valence-electron chi connectivity index (χ3n) is 4.42. The molecule has 0 saturated carbocycles. The molecule has 1 aliphatic rings. The molecule has 1 unspecified atom stereocenters. The smallest absolute Gasteiger partial charge is 0.260 e. The first-order chi connectivity index (χ1) is 13.2. The Balaban J connectivity index is 1.34. The Labute approximate surface area is 157 Å². The lowest BCUT2D eigenvalue weighted by Crippen LogP contribution is -2.43. The largest absolute Gasteiger partial charge is 0.486 e. The zero-order chi connectivity index (χ0) is 18.6. The van der Waals surface area contributed by atoms with Crippen molar-refractivity contribution in [3.05, 3.63) is 60.8 Å². The van der Waals surface area contributed by atoms with E-state index in [2.05, 4.69) is 4.98 Å². The summed E-state index contributed by atoms with van der Waals surface area (Å²) in [6, 6.07) is 17.0. The molecule has 0 fully saturated rings. The summed E-state index contributed by atoms with van der Waals surface area (Å²) in [6.45, 7) is 0.767. The first-order valence-electron chi connectivity index (χ1n) is 8.80. The molecule has 138 valence electrons. The first kappa shape index (κ1) is 17.1. The van der Waals surface area contributed by atoms with Crippen LogP contribution in [0.25, 0.3) is 10.9 Å². The highest BCUT2D eigenvalue weighted by molar-refractivity contribution is 5.85. The maximum absolute atomic E-state index is 12.5. The van der Waals surface area contributed by atoms with Gasteiger partial charge in [0.05, 0.1) is 6.54 Å². The second kappa shape index (κ2) is 7.53. The maximum atomic E-state index is 12.5. The van der Waals surface area contributed by atoms with Gasteiger partial charge in [0, 0.05) is 18.6 Å². The van der Waals surface area contributed by atoms with E-state index in [1.165, 1.54) is 0 Å². The van der Waals surface area contributed by atoms with Gasteiger partial charge in [-0.05, 0) is 24.3 Å². The lowest BCUT2D eigenvalue weighted by atomic mass is 10.2. The van der Waals surface area contributed by atoms with Gasteiger partial charge in [-0.25, -0.2) is 0 Å². The number of rotatable bonds is 5. The van der Waals surface area contributed by atoms with Gasteiger partial charge in [0.25, 0.3) is 5.91 Å². The molecule has 27 heavy (non-hydrogen) atoms. The molecule has 1 aromatic heterocycles. The molecule has 1 amide bonds. The molecular weight excluding hydrogens is 344 g/mol. The van der Waals surface area contributed by atoms with E-state index in [4.69, 9.17) is 14.2 Å². The zero-order valence-electron chi connectivity index (χ0n) is 15.0. The number of benzene rings is 2. The van der Waals surface area contributed by atoms with E-state index >= 15 is 0 Å². The Kier molecular flexibility index (Phi) is 4.78. The van der Waals surface area contributed by atoms with E-state index in [0.29, 0.717) is 24.7 Å². The first-order valence-corrected chi connectivity index (χ1v) is 8.80. The van der Waals surface area contributed by atoms with Gasteiger partial charge in [-0.2, -0.15) is 0 Å². The Morgan fingerprint density at radius 1 is 1.15 bits per heavy atom. The van der Waals surface area contributed by atoms with Gasteiger partial charge in [0.2, 0.25) is 0 Å². The van der Waals surface area contributed by atoms with E-state index < -0.39 is 0 Å². The van der Waals surface area contributed by atoms with E-state index in [-0.39, 0.29) is 18.6 Å². The van der Waals surface area contributed by atoms with Crippen LogP contribution >= 0.6 is 0 Å². The van der Waals surface area contributed by atoms with Crippen molar-refractivity contribution in [1.82, 2.24) is 9.88 Å². The average Bonchev–Trinajstić information content (AvgIpc) is 2.71. The summed E-state index contributed by atoms with van der Waals surface area (Å²) >= 11 is 0. The third kappa shape index (κ3) is 3.79. The standard InChI is InChI=1S/C21H20N2O4/c1-23(12-16-13-25-17-8-2-3-9-18(17)27-16)20(24)14-26-19-10-4-6-15-7-5-11-22-21(15)19/h2-11,16H,12-14H2,1H3. The van der Waals surface area contributed by atoms with Crippen molar-refractivity contribution in [1.29, 1.82) is 0 Å². The number of nitrogens with zero attached hydrogens (tertiary/aromatic N) is 2. The fourth-order valence-corrected chi connectivity index (χ4v) is 3.00. The van der Waals surface area contributed by atoms with Gasteiger partial charge in [-0.1, -0.05) is 30.3 Å². The SMILES string of the molecule is CN(CC1COc2ccccc2O1)C(=O)COc1cccc2cccnc12. The summed E-state index contributed by atoms with van der Waals surface area (Å²) in [7, 11) is 1.73. The molecule has 0 bridgehead atoms. The van der Waals surface area contributed by atoms with Crippen LogP contribution in [0.5, 0.6) is 17.2 Å². The number of ether oxygens (including phenoxy) is 3. The Bertz CT molecular complexity index is 954. The summed E-state index contributed by atoms with van der Waals surface area (Å²) in [6.07, 6.45) is 1.49. The number of hydrogen-bond acceptors (Lipinski definition) is 5. The highest BCUT2D eigenvalue weighted by Crippen LogP contribution is 2.31. The predicted molar refractivity (Wildman–Crippen MR) is 101 cm³/mol. The van der Waals surface area contributed by atoms with Crippen LogP contribution < -0.4 is 14.2 Å². The molecular formula is C21H20N2O4. The number of para-hydroxylation sites is 3. The van der Waals surface area contributed by atoms with Crippen LogP contribution in [-0.2, 0) is 4.79 Å². The van der Waals surface area contributed by atoms with Crippen LogP contribution in [0.4, 0.5) is 0 Å². The third-order valence-corrected chi connectivity index (χ3v) is 4.42. The summed E-state index contributed by atoms with van der Waals surface area (Å²) in [5, 5.41) is 0.974. The molecule has 0 aliphatic carbocycles. The minimum atomic E-state index is -0.215. The van der Waals surface area contributed by atoms with Crippen molar-refractivity contribution in [3.8, 4) is 17.2 Å². The fourth-order valence-electron chi connectivity index (χ4n) is 3.00. The molecule has 2 heterocycles. The summed E-state index contributed by atoms with van der Waals surface area (Å²) in [4.78, 5) is 18.4. The van der Waals surface area contributed by atoms with Gasteiger partial charge in [-0.3, -0.25) is 9.78 Å². The van der Waals surface area contributed by atoms with Crippen LogP contribution in [0.1, 0.15) is 0 Å². The van der Waals surface area contributed by atoms with Gasteiger partial charge in [0.1, 0.15) is 17.9 Å². The van der Waals surface area contributed by atoms with Crippen LogP contribution in [0.2, 0.25) is 0 Å². The van der Waals surface area contributed by atoms with Gasteiger partial charge < -0.3 is 19.1 Å². The number of hydrogen-bond donors (Lipinski definition) is 0. The van der Waals surface area contributed by atoms with Gasteiger partial charge in [0.15, 0.2) is 24.2 Å². The molecule has 3 aromatic rings. The van der Waals surface area contributed by atoms with Gasteiger partial charge >= 0.3 is 0 Å². The highest BCUT2D eigenvalue weighted by Gasteiger charge is 2.24. The minimum Gasteiger partial charge on any atom is -0.486 e. The molecule has 2 aromatic carbocycles. The topological polar surface area (TPSA) is 60.9 Å². The second-order valence-electron chi connectivity index (χ2n) is 6.39. The maximum Gasteiger partial charge on any atom is 0.260 e. The van der Waals surface area contributed by atoms with Crippen molar-refractivity contribution in [3.63, 3.8) is 0 Å². The lowest BCUT2D eigenvalue weighted by Gasteiger charge is -2.29. The number of aromatic nitrogens is 1. The number of fused-ring (bicyclic) bond motifs is 2. The lowest BCUT2D eigenvalue weighted by molar-refractivity contribution is -0.133. The fraction of sp³-hybridized carbons (Fsp3) is 0.238. The zero-order valence-corrected chi connectivity index (χ0v) is 15.0. The molecule has 1 atom stereocenters. The quantitative estimate of drug-likeness (QED) is 0.697. The van der Waals surface area contributed by atoms with Crippen LogP contribution in [0.15, 0.2) is 60.8 Å². The summed E-state index contributed by atoms with van der Waals surface area (Å²) in [5.74, 6) is 1.90. The molecule has 0 N–H and O–H groups in total. The van der Waals surface area contributed by atoms with Crippen molar-refractivity contribution >= 4 is 16.8 Å². The highest BCUT2D eigenvalue weighted by atomic mass is 16.6. The molecule has 6 heteroatoms. The van der Waals surface area contributed by atoms with Crippen molar-refractivity contribution in [2.24, 2.45) is 0 Å². The van der Waals surface area contributed by atoms with Crippen LogP contribution in [0.3, 0.4) is 0 Å². The predicted octanol–water partition coefficient (Wildman–Crippen LogP) is 2.91. The Morgan fingerprint density at radius 3 is 2.85 bits per heavy atom. The summed E-state index contributed by atoms with van der Waals surface area (Å²) in [5.41, 5.74) is 0.746. The normalized spacial score (nSPS) is 15.4. The van der Waals surface area contributed by atoms with E-state index in [9.17, 15) is 4.79 Å². The van der Waals surface area contributed by atoms with Crippen molar-refractivity contribution < 1.29 is 19.0 Å². The monoisotopic (exact) mass is 364 g/mol. The molecule has 0 spiro atoms. The van der Waals surface area contributed by atoms with E-state index in [1.54, 1.807) is 18.1 Å². The molecule has 1 aliphatic heterocycles. The van der Waals surface area contributed by atoms with Crippen LogP contribution in [-0.4, -0.2) is 48.7 Å². The van der Waals surface area contributed by atoms with Gasteiger partial charge in [-0.15, -0.1) is 0 Å².